The highest BCUT2D eigenvalue weighted by molar-refractivity contribution is 6.35. The molecule has 1 heterocycles. The predicted molar refractivity (Wildman–Crippen MR) is 75.9 cm³/mol. The lowest BCUT2D eigenvalue weighted by Gasteiger charge is -2.06. The van der Waals surface area contributed by atoms with Crippen LogP contribution < -0.4 is 0 Å². The minimum absolute atomic E-state index is 0.323. The van der Waals surface area contributed by atoms with Crippen molar-refractivity contribution in [2.75, 3.05) is 0 Å². The molecule has 0 fully saturated rings. The molecule has 0 atom stereocenters. The number of oxazole rings is 1. The van der Waals surface area contributed by atoms with Gasteiger partial charge in [0, 0.05) is 21.2 Å². The summed E-state index contributed by atoms with van der Waals surface area (Å²) in [6, 6.07) is 5.02. The number of benzene rings is 1. The van der Waals surface area contributed by atoms with Crippen molar-refractivity contribution < 1.29 is 14.3 Å². The highest BCUT2D eigenvalue weighted by atomic mass is 35.5. The number of carboxylic acids is 1. The molecular weight excluding hydrogens is 301 g/mol. The van der Waals surface area contributed by atoms with E-state index in [1.807, 2.05) is 0 Å². The molecule has 0 aliphatic heterocycles. The first kappa shape index (κ1) is 13.2. The molecule has 6 heteroatoms. The van der Waals surface area contributed by atoms with Gasteiger partial charge in [0.15, 0.2) is 5.76 Å². The number of halogens is 2. The van der Waals surface area contributed by atoms with Gasteiger partial charge in [-0.2, -0.15) is 0 Å². The van der Waals surface area contributed by atoms with Crippen molar-refractivity contribution in [1.29, 1.82) is 0 Å². The molecule has 1 N–H and O–H groups in total. The smallest absolute Gasteiger partial charge is 0.331 e. The van der Waals surface area contributed by atoms with E-state index in [9.17, 15) is 4.79 Å². The molecule has 3 rings (SSSR count). The summed E-state index contributed by atoms with van der Waals surface area (Å²) < 4.78 is 5.61. The van der Waals surface area contributed by atoms with E-state index >= 15 is 0 Å². The van der Waals surface area contributed by atoms with Gasteiger partial charge in [-0.05, 0) is 37.1 Å². The van der Waals surface area contributed by atoms with Gasteiger partial charge < -0.3 is 9.52 Å². The van der Waals surface area contributed by atoms with Gasteiger partial charge in [0.25, 0.3) is 0 Å². The summed E-state index contributed by atoms with van der Waals surface area (Å²) in [5, 5.41) is 9.98. The Morgan fingerprint density at radius 3 is 2.55 bits per heavy atom. The molecule has 102 valence electrons. The van der Waals surface area contributed by atoms with Crippen LogP contribution in [-0.4, -0.2) is 16.1 Å². The van der Waals surface area contributed by atoms with Crippen LogP contribution in [0.4, 0.5) is 0 Å². The predicted octanol–water partition coefficient (Wildman–Crippen LogP) is 4.06. The van der Waals surface area contributed by atoms with E-state index in [0.29, 0.717) is 45.7 Å². The van der Waals surface area contributed by atoms with Crippen molar-refractivity contribution in [3.8, 4) is 11.5 Å². The van der Waals surface area contributed by atoms with Crippen LogP contribution in [0.15, 0.2) is 28.2 Å². The highest BCUT2D eigenvalue weighted by Gasteiger charge is 2.21. The minimum Gasteiger partial charge on any atom is -0.478 e. The number of nitrogens with zero attached hydrogens (tertiary/aromatic N) is 1. The molecule has 1 aromatic heterocycles. The molecule has 0 saturated carbocycles. The van der Waals surface area contributed by atoms with Crippen molar-refractivity contribution in [2.45, 2.75) is 12.8 Å². The maximum Gasteiger partial charge on any atom is 0.331 e. The Labute approximate surface area is 124 Å². The number of hydrogen-bond acceptors (Lipinski definition) is 3. The summed E-state index contributed by atoms with van der Waals surface area (Å²) in [6.07, 6.45) is 2.51. The number of fused-ring (bicyclic) bond motifs is 1. The first-order valence-electron chi connectivity index (χ1n) is 5.93. The summed E-state index contributed by atoms with van der Waals surface area (Å²) in [4.78, 5) is 15.3. The second-order valence-corrected chi connectivity index (χ2v) is 5.34. The molecule has 1 aliphatic carbocycles. The van der Waals surface area contributed by atoms with Crippen molar-refractivity contribution >= 4 is 35.2 Å². The fraction of sp³-hybridized carbons (Fsp3) is 0.143. The van der Waals surface area contributed by atoms with Gasteiger partial charge in [0.2, 0.25) is 5.89 Å². The van der Waals surface area contributed by atoms with E-state index in [1.165, 1.54) is 6.08 Å². The van der Waals surface area contributed by atoms with Gasteiger partial charge in [-0.1, -0.05) is 23.2 Å². The zero-order valence-electron chi connectivity index (χ0n) is 10.2. The third-order valence-corrected chi connectivity index (χ3v) is 3.48. The molecular formula is C14H9Cl2NO3. The number of hydrogen-bond donors (Lipinski definition) is 1. The summed E-state index contributed by atoms with van der Waals surface area (Å²) in [6.45, 7) is 0. The molecule has 0 saturated heterocycles. The van der Waals surface area contributed by atoms with E-state index in [-0.39, 0.29) is 0 Å². The molecule has 1 aromatic carbocycles. The fourth-order valence-corrected chi connectivity index (χ4v) is 2.63. The molecule has 0 spiro atoms. The number of aryl methyl sites for hydroxylation is 1. The summed E-state index contributed by atoms with van der Waals surface area (Å²) in [5.41, 5.74) is 1.74. The van der Waals surface area contributed by atoms with E-state index in [2.05, 4.69) is 4.98 Å². The third-order valence-electron chi connectivity index (χ3n) is 3.05. The molecule has 1 aliphatic rings. The molecule has 0 amide bonds. The maximum atomic E-state index is 11.0. The lowest BCUT2D eigenvalue weighted by Crippen LogP contribution is -2.06. The molecule has 0 radical (unpaired) electrons. The summed E-state index contributed by atoms with van der Waals surface area (Å²) in [5.74, 6) is -0.0542. The second-order valence-electron chi connectivity index (χ2n) is 4.46. The van der Waals surface area contributed by atoms with Crippen LogP contribution >= 0.6 is 23.2 Å². The molecule has 20 heavy (non-hydrogen) atoms. The van der Waals surface area contributed by atoms with Crippen LogP contribution in [0.2, 0.25) is 10.0 Å². The zero-order valence-corrected chi connectivity index (χ0v) is 11.7. The largest absolute Gasteiger partial charge is 0.478 e. The average Bonchev–Trinajstić information content (AvgIpc) is 2.80. The highest BCUT2D eigenvalue weighted by Crippen LogP contribution is 2.31. The summed E-state index contributed by atoms with van der Waals surface area (Å²) in [7, 11) is 0. The first-order chi connectivity index (χ1) is 9.52. The first-order valence-corrected chi connectivity index (χ1v) is 6.68. The van der Waals surface area contributed by atoms with Crippen LogP contribution in [-0.2, 0) is 11.2 Å². The SMILES string of the molecule is O=C(O)C1=Cc2oc(-c3cc(Cl)cc(Cl)c3)nc2CC1. The third kappa shape index (κ3) is 2.44. The van der Waals surface area contributed by atoms with E-state index < -0.39 is 5.97 Å². The molecule has 2 aromatic rings. The topological polar surface area (TPSA) is 63.3 Å². The summed E-state index contributed by atoms with van der Waals surface area (Å²) >= 11 is 11.9. The lowest BCUT2D eigenvalue weighted by atomic mass is 10.0. The Balaban J connectivity index is 2.04. The number of rotatable bonds is 2. The maximum absolute atomic E-state index is 11.0. The Bertz CT molecular complexity index is 714. The van der Waals surface area contributed by atoms with Gasteiger partial charge in [-0.25, -0.2) is 9.78 Å². The van der Waals surface area contributed by atoms with Crippen LogP contribution in [0, 0.1) is 0 Å². The Morgan fingerprint density at radius 1 is 1.20 bits per heavy atom. The Kier molecular flexibility index (Phi) is 3.28. The number of aromatic nitrogens is 1. The van der Waals surface area contributed by atoms with Crippen LogP contribution in [0.5, 0.6) is 0 Å². The fourth-order valence-electron chi connectivity index (χ4n) is 2.11. The van der Waals surface area contributed by atoms with Crippen molar-refractivity contribution in [3.63, 3.8) is 0 Å². The van der Waals surface area contributed by atoms with Crippen LogP contribution in [0.25, 0.3) is 17.5 Å². The van der Waals surface area contributed by atoms with E-state index in [4.69, 9.17) is 32.7 Å². The number of aliphatic carboxylic acids is 1. The molecule has 0 unspecified atom stereocenters. The zero-order chi connectivity index (χ0) is 14.3. The van der Waals surface area contributed by atoms with Gasteiger partial charge in [0.05, 0.1) is 5.69 Å². The number of carbonyl (C=O) groups is 1. The van der Waals surface area contributed by atoms with Crippen molar-refractivity contribution in [2.24, 2.45) is 0 Å². The van der Waals surface area contributed by atoms with Gasteiger partial charge in [0.1, 0.15) is 0 Å². The quantitative estimate of drug-likeness (QED) is 0.908. The lowest BCUT2D eigenvalue weighted by molar-refractivity contribution is -0.132. The average molecular weight is 310 g/mol. The van der Waals surface area contributed by atoms with Crippen LogP contribution in [0.1, 0.15) is 17.9 Å². The number of carboxylic acid groups (broad SMARTS) is 1. The Hall–Kier alpha value is -1.78. The Morgan fingerprint density at radius 2 is 1.90 bits per heavy atom. The van der Waals surface area contributed by atoms with Gasteiger partial charge >= 0.3 is 5.97 Å². The monoisotopic (exact) mass is 309 g/mol. The molecule has 0 bridgehead atoms. The standard InChI is InChI=1S/C14H9Cl2NO3/c15-9-3-8(4-10(16)6-9)13-17-11-2-1-7(14(18)19)5-12(11)20-13/h3-6H,1-2H2,(H,18,19). The van der Waals surface area contributed by atoms with Gasteiger partial charge in [-0.15, -0.1) is 0 Å². The minimum atomic E-state index is -0.931. The molecule has 4 nitrogen and oxygen atoms in total. The van der Waals surface area contributed by atoms with E-state index in [1.54, 1.807) is 18.2 Å². The second kappa shape index (κ2) is 4.96. The van der Waals surface area contributed by atoms with Gasteiger partial charge in [-0.3, -0.25) is 0 Å². The normalized spacial score (nSPS) is 13.8. The van der Waals surface area contributed by atoms with Crippen molar-refractivity contribution in [3.05, 3.63) is 45.3 Å². The van der Waals surface area contributed by atoms with Crippen LogP contribution in [0.3, 0.4) is 0 Å². The van der Waals surface area contributed by atoms with E-state index in [0.717, 1.165) is 5.69 Å². The van der Waals surface area contributed by atoms with Crippen molar-refractivity contribution in [1.82, 2.24) is 4.98 Å².